The van der Waals surface area contributed by atoms with Crippen LogP contribution in [0.25, 0.3) is 0 Å². The van der Waals surface area contributed by atoms with E-state index in [4.69, 9.17) is 0 Å². The Morgan fingerprint density at radius 3 is 2.33 bits per heavy atom. The van der Waals surface area contributed by atoms with Gasteiger partial charge < -0.3 is 4.90 Å². The number of benzene rings is 2. The van der Waals surface area contributed by atoms with Gasteiger partial charge in [-0.3, -0.25) is 9.48 Å². The van der Waals surface area contributed by atoms with Crippen molar-refractivity contribution in [2.75, 3.05) is 7.05 Å². The van der Waals surface area contributed by atoms with Crippen LogP contribution in [0.4, 0.5) is 0 Å². The molecule has 0 aliphatic carbocycles. The maximum atomic E-state index is 12.6. The molecule has 122 valence electrons. The zero-order valence-corrected chi connectivity index (χ0v) is 14.0. The van der Waals surface area contributed by atoms with Gasteiger partial charge in [0.05, 0.1) is 6.54 Å². The maximum absolute atomic E-state index is 12.6. The summed E-state index contributed by atoms with van der Waals surface area (Å²) in [6, 6.07) is 17.9. The summed E-state index contributed by atoms with van der Waals surface area (Å²) in [6.45, 7) is 3.37. The van der Waals surface area contributed by atoms with Gasteiger partial charge in [-0.2, -0.15) is 5.10 Å². The molecular weight excluding hydrogens is 298 g/mol. The van der Waals surface area contributed by atoms with Crippen molar-refractivity contribution in [3.8, 4) is 0 Å². The van der Waals surface area contributed by atoms with E-state index < -0.39 is 0 Å². The van der Waals surface area contributed by atoms with Gasteiger partial charge in [0, 0.05) is 31.5 Å². The Morgan fingerprint density at radius 2 is 1.71 bits per heavy atom. The van der Waals surface area contributed by atoms with Crippen molar-refractivity contribution >= 4 is 5.91 Å². The van der Waals surface area contributed by atoms with Crippen molar-refractivity contribution in [2.45, 2.75) is 20.0 Å². The molecule has 4 heteroatoms. The molecule has 0 unspecified atom stereocenters. The number of nitrogens with zero attached hydrogens (tertiary/aromatic N) is 3. The van der Waals surface area contributed by atoms with Gasteiger partial charge in [0.15, 0.2) is 0 Å². The number of carbonyl (C=O) groups excluding carboxylic acids is 1. The largest absolute Gasteiger partial charge is 0.337 e. The highest BCUT2D eigenvalue weighted by Crippen LogP contribution is 2.11. The SMILES string of the molecule is Cc1ccc(CN(C)C(=O)c2ccc(Cn3cccn3)cc2)cc1. The number of amides is 1. The molecule has 1 aromatic heterocycles. The smallest absolute Gasteiger partial charge is 0.253 e. The fourth-order valence-corrected chi connectivity index (χ4v) is 2.59. The molecule has 4 nitrogen and oxygen atoms in total. The second-order valence-electron chi connectivity index (χ2n) is 6.05. The summed E-state index contributed by atoms with van der Waals surface area (Å²) in [4.78, 5) is 14.3. The highest BCUT2D eigenvalue weighted by Gasteiger charge is 2.12. The zero-order valence-electron chi connectivity index (χ0n) is 14.0. The molecular formula is C20H21N3O. The van der Waals surface area contributed by atoms with Crippen molar-refractivity contribution in [3.05, 3.63) is 89.2 Å². The third kappa shape index (κ3) is 3.90. The Hall–Kier alpha value is -2.88. The normalized spacial score (nSPS) is 10.6. The first-order valence-corrected chi connectivity index (χ1v) is 7.99. The minimum absolute atomic E-state index is 0.0289. The number of carbonyl (C=O) groups is 1. The lowest BCUT2D eigenvalue weighted by molar-refractivity contribution is 0.0785. The van der Waals surface area contributed by atoms with Crippen molar-refractivity contribution in [3.63, 3.8) is 0 Å². The predicted octanol–water partition coefficient (Wildman–Crippen LogP) is 3.51. The Bertz CT molecular complexity index is 790. The summed E-state index contributed by atoms with van der Waals surface area (Å²) in [5, 5.41) is 4.19. The lowest BCUT2D eigenvalue weighted by atomic mass is 10.1. The van der Waals surface area contributed by atoms with E-state index in [1.54, 1.807) is 11.1 Å². The van der Waals surface area contributed by atoms with Crippen LogP contribution in [0.3, 0.4) is 0 Å². The van der Waals surface area contributed by atoms with Crippen LogP contribution in [0.1, 0.15) is 27.0 Å². The summed E-state index contributed by atoms with van der Waals surface area (Å²) in [5.41, 5.74) is 4.18. The van der Waals surface area contributed by atoms with Gasteiger partial charge in [0.2, 0.25) is 0 Å². The van der Waals surface area contributed by atoms with E-state index in [1.807, 2.05) is 48.3 Å². The molecule has 1 heterocycles. The van der Waals surface area contributed by atoms with E-state index in [-0.39, 0.29) is 5.91 Å². The van der Waals surface area contributed by atoms with E-state index in [9.17, 15) is 4.79 Å². The number of hydrogen-bond donors (Lipinski definition) is 0. The van der Waals surface area contributed by atoms with Gasteiger partial charge in [0.1, 0.15) is 0 Å². The van der Waals surface area contributed by atoms with Gasteiger partial charge in [-0.05, 0) is 36.2 Å². The quantitative estimate of drug-likeness (QED) is 0.722. The van der Waals surface area contributed by atoms with Crippen LogP contribution < -0.4 is 0 Å². The Balaban J connectivity index is 1.64. The molecule has 24 heavy (non-hydrogen) atoms. The summed E-state index contributed by atoms with van der Waals surface area (Å²) in [5.74, 6) is 0.0289. The molecule has 3 aromatic rings. The number of aromatic nitrogens is 2. The lowest BCUT2D eigenvalue weighted by Gasteiger charge is -2.17. The van der Waals surface area contributed by atoms with E-state index in [0.717, 1.165) is 11.1 Å². The minimum atomic E-state index is 0.0289. The summed E-state index contributed by atoms with van der Waals surface area (Å²) < 4.78 is 1.86. The van der Waals surface area contributed by atoms with E-state index in [2.05, 4.69) is 36.3 Å². The average molecular weight is 319 g/mol. The van der Waals surface area contributed by atoms with Gasteiger partial charge in [-0.1, -0.05) is 42.0 Å². The molecule has 0 N–H and O–H groups in total. The molecule has 0 aliphatic heterocycles. The van der Waals surface area contributed by atoms with Crippen LogP contribution >= 0.6 is 0 Å². The van der Waals surface area contributed by atoms with E-state index >= 15 is 0 Å². The molecule has 0 fully saturated rings. The van der Waals surface area contributed by atoms with Crippen LogP contribution in [-0.2, 0) is 13.1 Å². The average Bonchev–Trinajstić information content (AvgIpc) is 3.10. The molecule has 0 spiro atoms. The molecule has 2 aromatic carbocycles. The Kier molecular flexibility index (Phi) is 4.75. The van der Waals surface area contributed by atoms with Crippen molar-refractivity contribution < 1.29 is 4.79 Å². The van der Waals surface area contributed by atoms with Crippen molar-refractivity contribution in [2.24, 2.45) is 0 Å². The highest BCUT2D eigenvalue weighted by atomic mass is 16.2. The molecule has 0 atom stereocenters. The molecule has 0 radical (unpaired) electrons. The van der Waals surface area contributed by atoms with Gasteiger partial charge in [0.25, 0.3) is 5.91 Å². The highest BCUT2D eigenvalue weighted by molar-refractivity contribution is 5.94. The van der Waals surface area contributed by atoms with Gasteiger partial charge in [-0.15, -0.1) is 0 Å². The first-order chi connectivity index (χ1) is 11.6. The molecule has 3 rings (SSSR count). The van der Waals surface area contributed by atoms with Crippen LogP contribution in [-0.4, -0.2) is 27.6 Å². The second-order valence-corrected chi connectivity index (χ2v) is 6.05. The first kappa shape index (κ1) is 16.0. The molecule has 0 aliphatic rings. The van der Waals surface area contributed by atoms with Crippen LogP contribution in [0, 0.1) is 6.92 Å². The van der Waals surface area contributed by atoms with Crippen LogP contribution in [0.15, 0.2) is 67.0 Å². The van der Waals surface area contributed by atoms with Crippen molar-refractivity contribution in [1.82, 2.24) is 14.7 Å². The van der Waals surface area contributed by atoms with Crippen molar-refractivity contribution in [1.29, 1.82) is 0 Å². The molecule has 0 saturated carbocycles. The summed E-state index contributed by atoms with van der Waals surface area (Å²) in [7, 11) is 1.83. The van der Waals surface area contributed by atoms with E-state index in [1.165, 1.54) is 5.56 Å². The van der Waals surface area contributed by atoms with Crippen LogP contribution in [0.2, 0.25) is 0 Å². The number of hydrogen-bond acceptors (Lipinski definition) is 2. The zero-order chi connectivity index (χ0) is 16.9. The monoisotopic (exact) mass is 319 g/mol. The molecule has 0 bridgehead atoms. The Labute approximate surface area is 142 Å². The standard InChI is InChI=1S/C20H21N3O/c1-16-4-6-17(7-5-16)14-22(2)20(24)19-10-8-18(9-11-19)15-23-13-3-12-21-23/h3-13H,14-15H2,1-2H3. The summed E-state index contributed by atoms with van der Waals surface area (Å²) >= 11 is 0. The van der Waals surface area contributed by atoms with E-state index in [0.29, 0.717) is 18.7 Å². The predicted molar refractivity (Wildman–Crippen MR) is 94.7 cm³/mol. The summed E-state index contributed by atoms with van der Waals surface area (Å²) in [6.07, 6.45) is 3.69. The number of rotatable bonds is 5. The topological polar surface area (TPSA) is 38.1 Å². The maximum Gasteiger partial charge on any atom is 0.253 e. The minimum Gasteiger partial charge on any atom is -0.337 e. The van der Waals surface area contributed by atoms with Gasteiger partial charge in [-0.25, -0.2) is 0 Å². The van der Waals surface area contributed by atoms with Gasteiger partial charge >= 0.3 is 0 Å². The second kappa shape index (κ2) is 7.13. The third-order valence-electron chi connectivity index (χ3n) is 3.99. The Morgan fingerprint density at radius 1 is 1.04 bits per heavy atom. The molecule has 1 amide bonds. The fourth-order valence-electron chi connectivity index (χ4n) is 2.59. The molecule has 0 saturated heterocycles. The lowest BCUT2D eigenvalue weighted by Crippen LogP contribution is -2.26. The first-order valence-electron chi connectivity index (χ1n) is 7.99. The fraction of sp³-hybridized carbons (Fsp3) is 0.200. The van der Waals surface area contributed by atoms with Crippen LogP contribution in [0.5, 0.6) is 0 Å². The number of aryl methyl sites for hydroxylation is 1. The third-order valence-corrected chi connectivity index (χ3v) is 3.99.